The number of anilines is 1. The second kappa shape index (κ2) is 14.8. The Balaban J connectivity index is 1.22. The molecule has 5 atom stereocenters. The zero-order chi connectivity index (χ0) is 39.2. The lowest BCUT2D eigenvalue weighted by atomic mass is 9.85. The van der Waals surface area contributed by atoms with E-state index >= 15 is 0 Å². The molecule has 16 heteroatoms. The summed E-state index contributed by atoms with van der Waals surface area (Å²) < 4.78 is 23.8. The number of nitrogens with one attached hydrogen (secondary N) is 3. The van der Waals surface area contributed by atoms with Crippen LogP contribution in [-0.4, -0.2) is 93.1 Å². The van der Waals surface area contributed by atoms with E-state index < -0.39 is 58.9 Å². The Labute approximate surface area is 323 Å². The van der Waals surface area contributed by atoms with Gasteiger partial charge in [-0.3, -0.25) is 9.59 Å². The molecule has 1 saturated heterocycles. The van der Waals surface area contributed by atoms with Crippen molar-refractivity contribution in [3.05, 3.63) is 36.2 Å². The summed E-state index contributed by atoms with van der Waals surface area (Å²) in [7, 11) is 0. The van der Waals surface area contributed by atoms with Crippen molar-refractivity contribution in [3.63, 3.8) is 0 Å². The smallest absolute Gasteiger partial charge is 0.408 e. The fourth-order valence-electron chi connectivity index (χ4n) is 7.55. The number of alkyl carbamates (subject to hydrolysis) is 1. The van der Waals surface area contributed by atoms with Crippen LogP contribution in [0.3, 0.4) is 0 Å². The Bertz CT molecular complexity index is 2010. The van der Waals surface area contributed by atoms with E-state index in [0.29, 0.717) is 39.5 Å². The van der Waals surface area contributed by atoms with Crippen LogP contribution in [0.5, 0.6) is 17.2 Å². The summed E-state index contributed by atoms with van der Waals surface area (Å²) in [6, 6.07) is 3.35. The first kappa shape index (κ1) is 38.2. The Hall–Kier alpha value is -5.12. The number of ether oxygens (including phenoxy) is 4. The van der Waals surface area contributed by atoms with E-state index in [2.05, 4.69) is 22.5 Å². The molecule has 1 aromatic carbocycles. The van der Waals surface area contributed by atoms with Gasteiger partial charge in [-0.15, -0.1) is 17.9 Å². The molecule has 4 N–H and O–H groups in total. The van der Waals surface area contributed by atoms with Crippen molar-refractivity contribution < 1.29 is 43.2 Å². The number of aliphatic carboxylic acids is 1. The summed E-state index contributed by atoms with van der Waals surface area (Å²) in [6.45, 7) is 13.2. The topological polar surface area (TPSA) is 191 Å². The number of carboxylic acid groups (broad SMARTS) is 1. The highest BCUT2D eigenvalue weighted by Crippen LogP contribution is 2.46. The first-order chi connectivity index (χ1) is 26.2. The number of carboxylic acids is 1. The van der Waals surface area contributed by atoms with E-state index in [1.807, 2.05) is 46.1 Å². The van der Waals surface area contributed by atoms with E-state index in [1.165, 1.54) is 22.3 Å². The van der Waals surface area contributed by atoms with E-state index in [1.54, 1.807) is 12.1 Å². The molecule has 0 radical (unpaired) electrons. The van der Waals surface area contributed by atoms with E-state index in [0.717, 1.165) is 30.8 Å². The van der Waals surface area contributed by atoms with Gasteiger partial charge < -0.3 is 44.9 Å². The Morgan fingerprint density at radius 1 is 1.11 bits per heavy atom. The maximum Gasteiger partial charge on any atom is 0.408 e. The third kappa shape index (κ3) is 7.73. The number of thiazole rings is 1. The third-order valence-corrected chi connectivity index (χ3v) is 11.4. The Morgan fingerprint density at radius 2 is 1.87 bits per heavy atom. The highest BCUT2D eigenvalue weighted by molar-refractivity contribution is 7.14. The van der Waals surface area contributed by atoms with Gasteiger partial charge in [-0.2, -0.15) is 0 Å². The lowest BCUT2D eigenvalue weighted by Crippen LogP contribution is -2.59. The van der Waals surface area contributed by atoms with Crippen LogP contribution < -0.4 is 30.2 Å². The number of amides is 3. The molecule has 2 aliphatic carbocycles. The lowest BCUT2D eigenvalue weighted by Gasteiger charge is -2.35. The highest BCUT2D eigenvalue weighted by atomic mass is 32.1. The van der Waals surface area contributed by atoms with Crippen molar-refractivity contribution in [1.29, 1.82) is 0 Å². The predicted octanol–water partition coefficient (Wildman–Crippen LogP) is 5.48. The van der Waals surface area contributed by atoms with Crippen molar-refractivity contribution in [2.45, 2.75) is 109 Å². The normalized spacial score (nSPS) is 23.7. The molecule has 3 aromatic rings. The average molecular weight is 777 g/mol. The first-order valence-electron chi connectivity index (χ1n) is 18.7. The minimum atomic E-state index is -1.52. The predicted molar refractivity (Wildman–Crippen MR) is 204 cm³/mol. The van der Waals surface area contributed by atoms with Gasteiger partial charge in [0.15, 0.2) is 16.6 Å². The molecule has 15 nitrogen and oxygen atoms in total. The Kier molecular flexibility index (Phi) is 10.3. The fourth-order valence-corrected chi connectivity index (χ4v) is 8.40. The van der Waals surface area contributed by atoms with E-state index in [4.69, 9.17) is 28.9 Å². The van der Waals surface area contributed by atoms with Gasteiger partial charge in [0.05, 0.1) is 12.2 Å². The number of aromatic nitrogens is 2. The van der Waals surface area contributed by atoms with Gasteiger partial charge in [-0.05, 0) is 63.5 Å². The summed E-state index contributed by atoms with van der Waals surface area (Å²) >= 11 is 1.45. The molecule has 4 heterocycles. The van der Waals surface area contributed by atoms with Gasteiger partial charge in [-0.25, -0.2) is 19.6 Å². The molecule has 0 spiro atoms. The molecule has 0 unspecified atom stereocenters. The van der Waals surface area contributed by atoms with Gasteiger partial charge in [0.2, 0.25) is 18.6 Å². The molecule has 3 fully saturated rings. The van der Waals surface area contributed by atoms with Crippen LogP contribution in [0, 0.1) is 11.3 Å². The van der Waals surface area contributed by atoms with Gasteiger partial charge in [-0.1, -0.05) is 26.8 Å². The molecular weight excluding hydrogens is 729 g/mol. The number of rotatable bonds is 12. The molecular formula is C39H48N6O9S. The molecule has 2 aromatic heterocycles. The van der Waals surface area contributed by atoms with Crippen LogP contribution in [0.15, 0.2) is 36.2 Å². The van der Waals surface area contributed by atoms with Gasteiger partial charge in [0, 0.05) is 35.2 Å². The average Bonchev–Trinajstić information content (AvgIpc) is 3.74. The fraction of sp³-hybridized carbons (Fsp3) is 0.538. The standard InChI is InChI=1S/C39H48N6O9S/c1-7-21-16-39(21,35(48)49)44-33(46)27-14-23(17-45(27)34(47)32(38(4,5)6)43-37(50)54-22-10-8-9-11-22)53-29-15-25(26-18-55-36(42-26)40-20(2)3)41-30-24(29)12-13-28-31(30)52-19-51-28/h7,12-13,15,18,20-23,27,32H,1,8-11,14,16-17,19H2,2-6H3,(H,40,42)(H,43,50)(H,44,46)(H,48,49)/t21-,23-,27+,32-,39-/m1/s1. The molecule has 2 aliphatic heterocycles. The summed E-state index contributed by atoms with van der Waals surface area (Å²) in [6.07, 6.45) is 3.55. The van der Waals surface area contributed by atoms with Gasteiger partial charge in [0.1, 0.15) is 46.8 Å². The molecule has 294 valence electrons. The number of hydrogen-bond donors (Lipinski definition) is 4. The number of hydrogen-bond acceptors (Lipinski definition) is 12. The summed E-state index contributed by atoms with van der Waals surface area (Å²) in [5.41, 5.74) is -0.673. The van der Waals surface area contributed by atoms with Crippen LogP contribution in [0.4, 0.5) is 9.93 Å². The maximum absolute atomic E-state index is 14.6. The van der Waals surface area contributed by atoms with Gasteiger partial charge >= 0.3 is 12.1 Å². The summed E-state index contributed by atoms with van der Waals surface area (Å²) in [5, 5.41) is 22.2. The van der Waals surface area contributed by atoms with Crippen LogP contribution in [-0.2, 0) is 19.1 Å². The second-order valence-corrected chi connectivity index (χ2v) is 16.9. The number of benzene rings is 1. The van der Waals surface area contributed by atoms with Crippen LogP contribution in [0.2, 0.25) is 0 Å². The highest BCUT2D eigenvalue weighted by Gasteiger charge is 2.61. The summed E-state index contributed by atoms with van der Waals surface area (Å²) in [5.74, 6) is -1.37. The molecule has 3 amide bonds. The van der Waals surface area contributed by atoms with Crippen molar-refractivity contribution in [3.8, 4) is 28.6 Å². The number of carbonyl (C=O) groups is 4. The van der Waals surface area contributed by atoms with E-state index in [9.17, 15) is 24.3 Å². The minimum absolute atomic E-state index is 0.0311. The van der Waals surface area contributed by atoms with Crippen LogP contribution in [0.25, 0.3) is 22.3 Å². The number of pyridine rings is 1. The number of nitrogens with zero attached hydrogens (tertiary/aromatic N) is 3. The third-order valence-electron chi connectivity index (χ3n) is 10.6. The minimum Gasteiger partial charge on any atom is -0.488 e. The molecule has 7 rings (SSSR count). The summed E-state index contributed by atoms with van der Waals surface area (Å²) in [4.78, 5) is 65.3. The number of fused-ring (bicyclic) bond motifs is 3. The van der Waals surface area contributed by atoms with E-state index in [-0.39, 0.29) is 38.3 Å². The van der Waals surface area contributed by atoms with Crippen molar-refractivity contribution in [2.24, 2.45) is 11.3 Å². The zero-order valence-electron chi connectivity index (χ0n) is 31.7. The first-order valence-corrected chi connectivity index (χ1v) is 19.6. The second-order valence-electron chi connectivity index (χ2n) is 16.1. The number of likely N-dealkylation sites (tertiary alicyclic amines) is 1. The molecule has 2 saturated carbocycles. The quantitative estimate of drug-likeness (QED) is 0.170. The maximum atomic E-state index is 14.6. The largest absolute Gasteiger partial charge is 0.488 e. The molecule has 55 heavy (non-hydrogen) atoms. The van der Waals surface area contributed by atoms with Crippen LogP contribution in [0.1, 0.15) is 73.1 Å². The SMILES string of the molecule is C=C[C@@H]1C[C@]1(NC(=O)[C@@H]1C[C@@H](Oc2cc(-c3csc(NC(C)C)n3)nc3c4c(ccc23)OCO4)CN1C(=O)[C@@H](NC(=O)OC1CCCC1)C(C)(C)C)C(=O)O. The Morgan fingerprint density at radius 3 is 2.55 bits per heavy atom. The zero-order valence-corrected chi connectivity index (χ0v) is 32.5. The molecule has 0 bridgehead atoms. The lowest BCUT2D eigenvalue weighted by molar-refractivity contribution is -0.146. The van der Waals surface area contributed by atoms with Crippen molar-refractivity contribution in [1.82, 2.24) is 25.5 Å². The van der Waals surface area contributed by atoms with Gasteiger partial charge in [0.25, 0.3) is 0 Å². The van der Waals surface area contributed by atoms with Crippen LogP contribution >= 0.6 is 11.3 Å². The number of carbonyl (C=O) groups excluding carboxylic acids is 3. The van der Waals surface area contributed by atoms with Crippen molar-refractivity contribution in [2.75, 3.05) is 18.7 Å². The van der Waals surface area contributed by atoms with Crippen molar-refractivity contribution >= 4 is 51.2 Å². The molecule has 4 aliphatic rings. The monoisotopic (exact) mass is 776 g/mol.